The molecule has 152 valence electrons. The Hall–Kier alpha value is -2.97. The van der Waals surface area contributed by atoms with E-state index in [2.05, 4.69) is 20.9 Å². The van der Waals surface area contributed by atoms with Gasteiger partial charge in [-0.25, -0.2) is 4.98 Å². The molecule has 5 N–H and O–H groups in total. The number of aromatic nitrogens is 1. The van der Waals surface area contributed by atoms with Gasteiger partial charge in [-0.15, -0.1) is 0 Å². The van der Waals surface area contributed by atoms with Crippen molar-refractivity contribution in [3.05, 3.63) is 24.0 Å². The molecule has 2 rings (SSSR count). The number of hydrogen-bond acceptors (Lipinski definition) is 6. The van der Waals surface area contributed by atoms with Crippen LogP contribution >= 0.6 is 0 Å². The van der Waals surface area contributed by atoms with Gasteiger partial charge in [0.2, 0.25) is 11.8 Å². The first-order valence-electron chi connectivity index (χ1n) is 9.34. The molecule has 1 heterocycles. The number of hydrogen-bond donors (Lipinski definition) is 5. The summed E-state index contributed by atoms with van der Waals surface area (Å²) >= 11 is 0. The zero-order valence-corrected chi connectivity index (χ0v) is 16.3. The summed E-state index contributed by atoms with van der Waals surface area (Å²) in [5.41, 5.74) is -0.0181. The number of nitrogens with zero attached hydrogens (tertiary/aromatic N) is 1. The molecule has 0 saturated heterocycles. The predicted octanol–water partition coefficient (Wildman–Crippen LogP) is 0.735. The third kappa shape index (κ3) is 5.51. The largest absolute Gasteiger partial charge is 0.505 e. The van der Waals surface area contributed by atoms with E-state index in [0.29, 0.717) is 0 Å². The quantitative estimate of drug-likeness (QED) is 0.396. The van der Waals surface area contributed by atoms with E-state index in [1.807, 2.05) is 0 Å². The molecule has 9 nitrogen and oxygen atoms in total. The third-order valence-corrected chi connectivity index (χ3v) is 4.64. The van der Waals surface area contributed by atoms with Gasteiger partial charge >= 0.3 is 0 Å². The molecule has 3 unspecified atom stereocenters. The zero-order chi connectivity index (χ0) is 20.8. The lowest BCUT2D eigenvalue weighted by molar-refractivity contribution is -0.129. The van der Waals surface area contributed by atoms with E-state index >= 15 is 0 Å². The average molecular weight is 389 g/mol. The minimum atomic E-state index is -0.792. The summed E-state index contributed by atoms with van der Waals surface area (Å²) in [5.74, 6) is -1.33. The molecule has 3 atom stereocenters. The Morgan fingerprint density at radius 3 is 2.50 bits per heavy atom. The van der Waals surface area contributed by atoms with Crippen LogP contribution in [0.25, 0.3) is 0 Å². The van der Waals surface area contributed by atoms with Crippen LogP contribution in [0.4, 0.5) is 0 Å². The van der Waals surface area contributed by atoms with Crippen LogP contribution in [0, 0.1) is 11.3 Å². The Bertz CT molecular complexity index is 762. The minimum Gasteiger partial charge on any atom is -0.505 e. The fourth-order valence-electron chi connectivity index (χ4n) is 2.89. The summed E-state index contributed by atoms with van der Waals surface area (Å²) in [7, 11) is 0. The highest BCUT2D eigenvalue weighted by Gasteiger charge is 2.38. The van der Waals surface area contributed by atoms with Crippen LogP contribution in [0.5, 0.6) is 5.75 Å². The molecule has 0 radical (unpaired) electrons. The van der Waals surface area contributed by atoms with E-state index in [9.17, 15) is 19.5 Å². The van der Waals surface area contributed by atoms with E-state index in [1.165, 1.54) is 25.3 Å². The van der Waals surface area contributed by atoms with Gasteiger partial charge in [0.05, 0.1) is 12.1 Å². The molecular weight excluding hydrogens is 362 g/mol. The van der Waals surface area contributed by atoms with Crippen LogP contribution < -0.4 is 16.0 Å². The molecule has 0 spiro atoms. The molecule has 1 aliphatic carbocycles. The van der Waals surface area contributed by atoms with Crippen molar-refractivity contribution >= 4 is 23.4 Å². The van der Waals surface area contributed by atoms with E-state index < -0.39 is 24.0 Å². The van der Waals surface area contributed by atoms with Crippen LogP contribution in [-0.2, 0) is 9.59 Å². The minimum absolute atomic E-state index is 0.113. The number of pyridine rings is 1. The van der Waals surface area contributed by atoms with Crippen LogP contribution in [0.15, 0.2) is 18.3 Å². The van der Waals surface area contributed by atoms with Crippen molar-refractivity contribution < 1.29 is 19.5 Å². The SMILES string of the molecule is CCC(=O)NC(C(=O)NC(C)C(NC(=O)c1ncccc1O)C(C)=N)C1CC1. The molecule has 1 saturated carbocycles. The topological polar surface area (TPSA) is 144 Å². The Morgan fingerprint density at radius 1 is 1.29 bits per heavy atom. The Morgan fingerprint density at radius 2 is 1.96 bits per heavy atom. The van der Waals surface area contributed by atoms with E-state index in [4.69, 9.17) is 5.41 Å². The van der Waals surface area contributed by atoms with E-state index in [1.54, 1.807) is 13.8 Å². The summed E-state index contributed by atoms with van der Waals surface area (Å²) in [4.78, 5) is 40.6. The fraction of sp³-hybridized carbons (Fsp3) is 0.526. The zero-order valence-electron chi connectivity index (χ0n) is 16.3. The molecule has 1 aromatic rings. The Balaban J connectivity index is 2.05. The lowest BCUT2D eigenvalue weighted by Gasteiger charge is -2.27. The van der Waals surface area contributed by atoms with Gasteiger partial charge in [0.1, 0.15) is 11.8 Å². The molecular formula is C19H27N5O4. The Kier molecular flexibility index (Phi) is 7.08. The van der Waals surface area contributed by atoms with Crippen molar-refractivity contribution in [1.29, 1.82) is 5.41 Å². The number of carbonyl (C=O) groups is 3. The molecule has 9 heteroatoms. The fourth-order valence-corrected chi connectivity index (χ4v) is 2.89. The van der Waals surface area contributed by atoms with Crippen molar-refractivity contribution in [3.63, 3.8) is 0 Å². The normalized spacial score (nSPS) is 16.4. The van der Waals surface area contributed by atoms with Gasteiger partial charge in [-0.1, -0.05) is 6.92 Å². The van der Waals surface area contributed by atoms with Gasteiger partial charge in [-0.05, 0) is 44.7 Å². The summed E-state index contributed by atoms with van der Waals surface area (Å²) in [6, 6.07) is 0.837. The standard InChI is InChI=1S/C19H27N5O4/c1-4-14(26)23-16(12-7-8-12)18(27)22-11(3)15(10(2)20)24-19(28)17-13(25)6-5-9-21-17/h5-6,9,11-12,15-16,20,25H,4,7-8H2,1-3H3,(H,22,27)(H,23,26)(H,24,28). The van der Waals surface area contributed by atoms with Crippen LogP contribution in [0.3, 0.4) is 0 Å². The highest BCUT2D eigenvalue weighted by Crippen LogP contribution is 2.32. The second-order valence-electron chi connectivity index (χ2n) is 7.04. The Labute approximate surface area is 163 Å². The van der Waals surface area contributed by atoms with Crippen molar-refractivity contribution in [2.45, 2.75) is 58.2 Å². The lowest BCUT2D eigenvalue weighted by atomic mass is 10.0. The second kappa shape index (κ2) is 9.29. The molecule has 0 aliphatic heterocycles. The number of nitrogens with one attached hydrogen (secondary N) is 4. The first kappa shape index (κ1) is 21.3. The van der Waals surface area contributed by atoms with Crippen LogP contribution in [0.1, 0.15) is 50.5 Å². The van der Waals surface area contributed by atoms with Gasteiger partial charge in [0, 0.05) is 18.3 Å². The average Bonchev–Trinajstić information content (AvgIpc) is 3.48. The van der Waals surface area contributed by atoms with E-state index in [-0.39, 0.29) is 41.3 Å². The second-order valence-corrected chi connectivity index (χ2v) is 7.04. The number of aromatic hydroxyl groups is 1. The predicted molar refractivity (Wildman–Crippen MR) is 103 cm³/mol. The maximum absolute atomic E-state index is 12.7. The maximum atomic E-state index is 12.7. The molecule has 1 fully saturated rings. The molecule has 3 amide bonds. The monoisotopic (exact) mass is 389 g/mol. The summed E-state index contributed by atoms with van der Waals surface area (Å²) in [6.45, 7) is 4.91. The lowest BCUT2D eigenvalue weighted by Crippen LogP contribution is -2.57. The van der Waals surface area contributed by atoms with Gasteiger partial charge in [-0.2, -0.15) is 0 Å². The smallest absolute Gasteiger partial charge is 0.274 e. The molecule has 1 aromatic heterocycles. The van der Waals surface area contributed by atoms with Crippen molar-refractivity contribution in [3.8, 4) is 5.75 Å². The van der Waals surface area contributed by atoms with Gasteiger partial charge < -0.3 is 26.5 Å². The van der Waals surface area contributed by atoms with Gasteiger partial charge in [0.15, 0.2) is 5.69 Å². The highest BCUT2D eigenvalue weighted by molar-refractivity contribution is 5.99. The number of rotatable bonds is 9. The van der Waals surface area contributed by atoms with Crippen molar-refractivity contribution in [2.75, 3.05) is 0 Å². The summed E-state index contributed by atoms with van der Waals surface area (Å²) < 4.78 is 0. The van der Waals surface area contributed by atoms with Gasteiger partial charge in [0.25, 0.3) is 5.91 Å². The van der Waals surface area contributed by atoms with Crippen LogP contribution in [0.2, 0.25) is 0 Å². The van der Waals surface area contributed by atoms with Crippen molar-refractivity contribution in [1.82, 2.24) is 20.9 Å². The summed E-state index contributed by atoms with van der Waals surface area (Å²) in [5, 5.41) is 25.9. The molecule has 1 aliphatic rings. The molecule has 0 aromatic carbocycles. The molecule has 28 heavy (non-hydrogen) atoms. The first-order valence-corrected chi connectivity index (χ1v) is 9.34. The number of carbonyl (C=O) groups excluding carboxylic acids is 3. The van der Waals surface area contributed by atoms with Crippen molar-refractivity contribution in [2.24, 2.45) is 5.92 Å². The first-order chi connectivity index (χ1) is 13.2. The van der Waals surface area contributed by atoms with Crippen LogP contribution in [-0.4, -0.2) is 51.6 Å². The highest BCUT2D eigenvalue weighted by atomic mass is 16.3. The van der Waals surface area contributed by atoms with E-state index in [0.717, 1.165) is 12.8 Å². The maximum Gasteiger partial charge on any atom is 0.274 e. The number of amides is 3. The third-order valence-electron chi connectivity index (χ3n) is 4.64. The van der Waals surface area contributed by atoms with Gasteiger partial charge in [-0.3, -0.25) is 14.4 Å². The molecule has 0 bridgehead atoms. The summed E-state index contributed by atoms with van der Waals surface area (Å²) in [6.07, 6.45) is 3.42.